The molecule has 1 aromatic carbocycles. The van der Waals surface area contributed by atoms with Crippen LogP contribution in [0.25, 0.3) is 0 Å². The second kappa shape index (κ2) is 3.43. The molecule has 1 aromatic rings. The highest BCUT2D eigenvalue weighted by Crippen LogP contribution is 2.30. The summed E-state index contributed by atoms with van der Waals surface area (Å²) in [6.45, 7) is 6.83. The first-order valence-corrected chi connectivity index (χ1v) is 5.93. The number of benzene rings is 1. The van der Waals surface area contributed by atoms with Crippen LogP contribution in [0.2, 0.25) is 0 Å². The molecule has 0 radical (unpaired) electrons. The van der Waals surface area contributed by atoms with Gasteiger partial charge in [-0.05, 0) is 29.5 Å². The third kappa shape index (κ3) is 2.18. The maximum atomic E-state index is 3.29. The Morgan fingerprint density at radius 1 is 1.29 bits per heavy atom. The molecule has 1 heterocycles. The summed E-state index contributed by atoms with van der Waals surface area (Å²) in [5.41, 5.74) is 5.17. The third-order valence-electron chi connectivity index (χ3n) is 2.22. The highest BCUT2D eigenvalue weighted by Gasteiger charge is 2.12. The third-order valence-corrected chi connectivity index (χ3v) is 3.15. The van der Waals surface area contributed by atoms with Crippen LogP contribution >= 0.6 is 11.4 Å². The van der Waals surface area contributed by atoms with E-state index in [-0.39, 0.29) is 0 Å². The molecular formula is C12H17NS. The summed E-state index contributed by atoms with van der Waals surface area (Å²) in [5.74, 6) is 0. The highest BCUT2D eigenvalue weighted by atomic mass is 32.1. The van der Waals surface area contributed by atoms with Crippen LogP contribution in [-0.2, 0) is 6.42 Å². The molecule has 76 valence electrons. The molecule has 0 saturated carbocycles. The van der Waals surface area contributed by atoms with Gasteiger partial charge in [0.2, 0.25) is 0 Å². The number of nitrogens with one attached hydrogen (secondary N) is 1. The Hall–Kier alpha value is -0.760. The van der Waals surface area contributed by atoms with Gasteiger partial charge in [0.1, 0.15) is 0 Å². The van der Waals surface area contributed by atoms with Gasteiger partial charge >= 0.3 is 0 Å². The van der Waals surface area contributed by atoms with E-state index in [0.717, 1.165) is 6.42 Å². The molecule has 0 aromatic heterocycles. The minimum Gasteiger partial charge on any atom is -0.356 e. The lowest BCUT2D eigenvalue weighted by molar-refractivity contribution is 0.411. The maximum absolute atomic E-state index is 3.29. The monoisotopic (exact) mass is 207 g/mol. The first kappa shape index (κ1) is 9.78. The van der Waals surface area contributed by atoms with E-state index in [1.807, 2.05) is 0 Å². The van der Waals surface area contributed by atoms with Crippen LogP contribution in [0.1, 0.15) is 26.3 Å². The molecule has 0 spiro atoms. The van der Waals surface area contributed by atoms with Crippen molar-refractivity contribution in [2.75, 3.05) is 5.32 Å². The SMILES string of the molecule is CC(C)(C)Cc1ccc2c(c1)NC=[SH]2. The van der Waals surface area contributed by atoms with E-state index >= 15 is 0 Å². The molecule has 0 amide bonds. The van der Waals surface area contributed by atoms with Crippen LogP contribution in [0.5, 0.6) is 0 Å². The van der Waals surface area contributed by atoms with Gasteiger partial charge in [0.05, 0.1) is 5.69 Å². The Labute approximate surface area is 89.5 Å². The quantitative estimate of drug-likeness (QED) is 0.532. The molecule has 0 bridgehead atoms. The lowest BCUT2D eigenvalue weighted by Gasteiger charge is -2.18. The molecular weight excluding hydrogens is 190 g/mol. The number of fused-ring (bicyclic) bond motifs is 1. The van der Waals surface area contributed by atoms with E-state index in [0.29, 0.717) is 5.41 Å². The standard InChI is InChI=1S/C12H17NS/c1-12(2,3)7-9-4-5-11-10(6-9)13-8-14-11/h4-6,8,13-14H,7H2,1-3H3. The Kier molecular flexibility index (Phi) is 2.40. The van der Waals surface area contributed by atoms with Gasteiger partial charge in [0.15, 0.2) is 0 Å². The van der Waals surface area contributed by atoms with E-state index in [1.54, 1.807) is 0 Å². The smallest absolute Gasteiger partial charge is 0.0517 e. The summed E-state index contributed by atoms with van der Waals surface area (Å²) >= 11 is 1.29. The zero-order valence-corrected chi connectivity index (χ0v) is 9.86. The molecule has 0 fully saturated rings. The van der Waals surface area contributed by atoms with E-state index in [1.165, 1.54) is 27.5 Å². The average Bonchev–Trinajstić information content (AvgIpc) is 2.47. The molecule has 14 heavy (non-hydrogen) atoms. The van der Waals surface area contributed by atoms with Crippen LogP contribution in [0.4, 0.5) is 5.69 Å². The van der Waals surface area contributed by atoms with Gasteiger partial charge < -0.3 is 5.32 Å². The zero-order chi connectivity index (χ0) is 10.2. The van der Waals surface area contributed by atoms with Crippen molar-refractivity contribution in [3.8, 4) is 0 Å². The second-order valence-electron chi connectivity index (χ2n) is 4.99. The fourth-order valence-electron chi connectivity index (χ4n) is 1.71. The molecule has 1 N–H and O–H groups in total. The Bertz CT molecular complexity index is 374. The van der Waals surface area contributed by atoms with E-state index in [2.05, 4.69) is 49.8 Å². The molecule has 0 aliphatic carbocycles. The number of hydrogen-bond donors (Lipinski definition) is 2. The summed E-state index contributed by atoms with van der Waals surface area (Å²) in [5, 5.41) is 3.29. The molecule has 2 rings (SSSR count). The topological polar surface area (TPSA) is 12.0 Å². The molecule has 1 nitrogen and oxygen atoms in total. The fraction of sp³-hybridized carbons (Fsp3) is 0.417. The number of hydrogen-bond acceptors (Lipinski definition) is 1. The van der Waals surface area contributed by atoms with Crippen molar-refractivity contribution in [2.24, 2.45) is 5.41 Å². The lowest BCUT2D eigenvalue weighted by atomic mass is 9.88. The minimum absolute atomic E-state index is 0.369. The first-order valence-electron chi connectivity index (χ1n) is 4.97. The van der Waals surface area contributed by atoms with Crippen molar-refractivity contribution in [3.63, 3.8) is 0 Å². The van der Waals surface area contributed by atoms with Gasteiger partial charge in [0.25, 0.3) is 0 Å². The van der Waals surface area contributed by atoms with Crippen LogP contribution in [0, 0.1) is 5.41 Å². The molecule has 2 heteroatoms. The number of rotatable bonds is 1. The van der Waals surface area contributed by atoms with E-state index in [4.69, 9.17) is 0 Å². The van der Waals surface area contributed by atoms with Crippen molar-refractivity contribution in [1.82, 2.24) is 0 Å². The van der Waals surface area contributed by atoms with Crippen molar-refractivity contribution in [1.29, 1.82) is 0 Å². The van der Waals surface area contributed by atoms with Crippen molar-refractivity contribution in [3.05, 3.63) is 23.8 Å². The molecule has 1 aliphatic heterocycles. The predicted molar refractivity (Wildman–Crippen MR) is 66.5 cm³/mol. The summed E-state index contributed by atoms with van der Waals surface area (Å²) in [6.07, 6.45) is 1.14. The number of anilines is 1. The summed E-state index contributed by atoms with van der Waals surface area (Å²) in [7, 11) is 0. The van der Waals surface area contributed by atoms with E-state index < -0.39 is 0 Å². The van der Waals surface area contributed by atoms with E-state index in [9.17, 15) is 0 Å². The van der Waals surface area contributed by atoms with Gasteiger partial charge in [0, 0.05) is 10.4 Å². The van der Waals surface area contributed by atoms with Crippen LogP contribution < -0.4 is 5.32 Å². The van der Waals surface area contributed by atoms with Crippen LogP contribution in [-0.4, -0.2) is 5.49 Å². The van der Waals surface area contributed by atoms with Gasteiger partial charge in [-0.1, -0.05) is 26.8 Å². The predicted octanol–water partition coefficient (Wildman–Crippen LogP) is 3.28. The zero-order valence-electron chi connectivity index (χ0n) is 8.96. The molecule has 0 unspecified atom stereocenters. The van der Waals surface area contributed by atoms with Crippen molar-refractivity contribution < 1.29 is 0 Å². The van der Waals surface area contributed by atoms with Gasteiger partial charge in [-0.2, -0.15) is 11.4 Å². The minimum atomic E-state index is 0.369. The molecule has 1 aliphatic rings. The Morgan fingerprint density at radius 2 is 2.07 bits per heavy atom. The number of thiol groups is 1. The summed E-state index contributed by atoms with van der Waals surface area (Å²) < 4.78 is 0. The molecule has 0 saturated heterocycles. The summed E-state index contributed by atoms with van der Waals surface area (Å²) in [6, 6.07) is 6.75. The van der Waals surface area contributed by atoms with Gasteiger partial charge in [-0.3, -0.25) is 0 Å². The van der Waals surface area contributed by atoms with Gasteiger partial charge in [-0.15, -0.1) is 0 Å². The Morgan fingerprint density at radius 3 is 2.79 bits per heavy atom. The lowest BCUT2D eigenvalue weighted by Crippen LogP contribution is -2.09. The van der Waals surface area contributed by atoms with Crippen molar-refractivity contribution >= 4 is 22.5 Å². The van der Waals surface area contributed by atoms with Gasteiger partial charge in [-0.25, -0.2) is 0 Å². The van der Waals surface area contributed by atoms with Crippen LogP contribution in [0.3, 0.4) is 0 Å². The van der Waals surface area contributed by atoms with Crippen molar-refractivity contribution in [2.45, 2.75) is 32.1 Å². The first-order chi connectivity index (χ1) is 6.54. The highest BCUT2D eigenvalue weighted by molar-refractivity contribution is 7.98. The second-order valence-corrected chi connectivity index (χ2v) is 5.99. The Balaban J connectivity index is 2.23. The largest absolute Gasteiger partial charge is 0.356 e. The maximum Gasteiger partial charge on any atom is 0.0517 e. The summed E-state index contributed by atoms with van der Waals surface area (Å²) in [4.78, 5) is 1.39. The fourth-order valence-corrected chi connectivity index (χ4v) is 2.48. The average molecular weight is 207 g/mol. The normalized spacial score (nSPS) is 14.5. The molecule has 0 atom stereocenters. The van der Waals surface area contributed by atoms with Crippen LogP contribution in [0.15, 0.2) is 23.1 Å².